The molecule has 0 radical (unpaired) electrons. The van der Waals surface area contributed by atoms with Crippen molar-refractivity contribution in [2.45, 2.75) is 33.7 Å². The lowest BCUT2D eigenvalue weighted by molar-refractivity contribution is -0.116. The van der Waals surface area contributed by atoms with E-state index in [0.717, 1.165) is 22.5 Å². The molecule has 0 atom stereocenters. The first-order valence-corrected chi connectivity index (χ1v) is 10.8. The second kappa shape index (κ2) is 10.4. The van der Waals surface area contributed by atoms with E-state index in [-0.39, 0.29) is 18.3 Å². The lowest BCUT2D eigenvalue weighted by Crippen LogP contribution is -2.16. The summed E-state index contributed by atoms with van der Waals surface area (Å²) in [6.45, 7) is 6.38. The molecule has 1 heterocycles. The molecule has 0 saturated heterocycles. The molecule has 1 N–H and O–H groups in total. The molecule has 3 rings (SSSR count). The number of amides is 1. The Bertz CT molecular complexity index is 1120. The van der Waals surface area contributed by atoms with Gasteiger partial charge >= 0.3 is 5.97 Å². The maximum absolute atomic E-state index is 12.6. The number of rotatable bonds is 8. The number of benzene rings is 2. The number of carbonyl (C=O) groups is 2. The van der Waals surface area contributed by atoms with Crippen LogP contribution in [0.1, 0.15) is 35.0 Å². The number of aromatic nitrogens is 1. The zero-order valence-electron chi connectivity index (χ0n) is 18.7. The molecule has 0 aliphatic rings. The average molecular weight is 455 g/mol. The number of hydrogen-bond donors (Lipinski definition) is 1. The Hall–Kier alpha value is -3.25. The van der Waals surface area contributed by atoms with Gasteiger partial charge in [-0.2, -0.15) is 0 Å². The van der Waals surface area contributed by atoms with Gasteiger partial charge in [0.1, 0.15) is 5.75 Å². The molecule has 0 spiro atoms. The highest BCUT2D eigenvalue weighted by atomic mass is 35.5. The number of nitrogens with one attached hydrogen (secondary N) is 1. The van der Waals surface area contributed by atoms with Crippen LogP contribution < -0.4 is 10.1 Å². The van der Waals surface area contributed by atoms with Crippen LogP contribution in [0.3, 0.4) is 0 Å². The molecular weight excluding hydrogens is 428 g/mol. The maximum atomic E-state index is 12.6. The molecule has 0 fully saturated rings. The molecule has 6 nitrogen and oxygen atoms in total. The van der Waals surface area contributed by atoms with E-state index in [0.29, 0.717) is 35.2 Å². The Morgan fingerprint density at radius 3 is 2.41 bits per heavy atom. The van der Waals surface area contributed by atoms with E-state index >= 15 is 0 Å². The number of halogens is 1. The van der Waals surface area contributed by atoms with Gasteiger partial charge in [-0.05, 0) is 50.6 Å². The van der Waals surface area contributed by atoms with Crippen LogP contribution in [0, 0.1) is 13.8 Å². The van der Waals surface area contributed by atoms with Gasteiger partial charge < -0.3 is 19.4 Å². The highest BCUT2D eigenvalue weighted by Crippen LogP contribution is 2.29. The third-order valence-electron chi connectivity index (χ3n) is 5.21. The normalized spacial score (nSPS) is 10.7. The summed E-state index contributed by atoms with van der Waals surface area (Å²) in [5.41, 5.74) is 4.84. The van der Waals surface area contributed by atoms with Crippen molar-refractivity contribution in [1.29, 1.82) is 0 Å². The summed E-state index contributed by atoms with van der Waals surface area (Å²) in [5.74, 6) is 0.0168. The smallest absolute Gasteiger partial charge is 0.339 e. The van der Waals surface area contributed by atoms with E-state index in [1.807, 2.05) is 48.7 Å². The highest BCUT2D eigenvalue weighted by molar-refractivity contribution is 6.32. The monoisotopic (exact) mass is 454 g/mol. The zero-order chi connectivity index (χ0) is 23.3. The number of nitrogens with zero attached hydrogens (tertiary/aromatic N) is 1. The number of esters is 1. The minimum atomic E-state index is -0.366. The van der Waals surface area contributed by atoms with Crippen molar-refractivity contribution in [3.05, 3.63) is 70.4 Å². The van der Waals surface area contributed by atoms with Crippen LogP contribution in [0.15, 0.2) is 48.5 Å². The van der Waals surface area contributed by atoms with Crippen molar-refractivity contribution in [1.82, 2.24) is 4.57 Å². The molecule has 1 amide bonds. The molecule has 0 aliphatic carbocycles. The predicted octanol–water partition coefficient (Wildman–Crippen LogP) is 5.64. The van der Waals surface area contributed by atoms with E-state index in [2.05, 4.69) is 5.32 Å². The topological polar surface area (TPSA) is 69.6 Å². The molecule has 3 aromatic rings. The standard InChI is InChI=1S/C25H27ClN2O4/c1-5-32-25(30)20-15-22(18-8-6-16(2)7-9-18)28(17(20)3)13-12-24(29)27-19-10-11-23(31-4)21(26)14-19/h6-11,14-15H,5,12-13H2,1-4H3,(H,27,29). The van der Waals surface area contributed by atoms with Gasteiger partial charge in [-0.25, -0.2) is 4.79 Å². The molecular formula is C25H27ClN2O4. The highest BCUT2D eigenvalue weighted by Gasteiger charge is 2.20. The molecule has 7 heteroatoms. The summed E-state index contributed by atoms with van der Waals surface area (Å²) >= 11 is 6.14. The first-order valence-electron chi connectivity index (χ1n) is 10.4. The lowest BCUT2D eigenvalue weighted by Gasteiger charge is -2.13. The first kappa shape index (κ1) is 23.4. The second-order valence-corrected chi connectivity index (χ2v) is 7.82. The third-order valence-corrected chi connectivity index (χ3v) is 5.50. The summed E-state index contributed by atoms with van der Waals surface area (Å²) in [5, 5.41) is 3.28. The Kier molecular flexibility index (Phi) is 7.59. The maximum Gasteiger partial charge on any atom is 0.339 e. The van der Waals surface area contributed by atoms with Crippen molar-refractivity contribution in [3.8, 4) is 17.0 Å². The van der Waals surface area contributed by atoms with Crippen LogP contribution in [0.25, 0.3) is 11.3 Å². The molecule has 1 aromatic heterocycles. The van der Waals surface area contributed by atoms with Gasteiger partial charge in [-0.15, -0.1) is 0 Å². The van der Waals surface area contributed by atoms with Crippen molar-refractivity contribution < 1.29 is 19.1 Å². The number of ether oxygens (including phenoxy) is 2. The van der Waals surface area contributed by atoms with Crippen LogP contribution in [-0.4, -0.2) is 30.2 Å². The summed E-state index contributed by atoms with van der Waals surface area (Å²) < 4.78 is 12.3. The number of methoxy groups -OCH3 is 1. The van der Waals surface area contributed by atoms with Crippen molar-refractivity contribution >= 4 is 29.2 Å². The largest absolute Gasteiger partial charge is 0.495 e. The fourth-order valence-corrected chi connectivity index (χ4v) is 3.75. The summed E-state index contributed by atoms with van der Waals surface area (Å²) in [6.07, 6.45) is 0.223. The SMILES string of the molecule is CCOC(=O)c1cc(-c2ccc(C)cc2)n(CCC(=O)Nc2ccc(OC)c(Cl)c2)c1C. The van der Waals surface area contributed by atoms with Gasteiger partial charge in [0, 0.05) is 30.0 Å². The third kappa shape index (κ3) is 5.32. The van der Waals surface area contributed by atoms with E-state index in [1.165, 1.54) is 7.11 Å². The molecule has 32 heavy (non-hydrogen) atoms. The van der Waals surface area contributed by atoms with Crippen molar-refractivity contribution in [3.63, 3.8) is 0 Å². The van der Waals surface area contributed by atoms with Crippen LogP contribution >= 0.6 is 11.6 Å². The number of hydrogen-bond acceptors (Lipinski definition) is 4. The van der Waals surface area contributed by atoms with Crippen LogP contribution in [0.2, 0.25) is 5.02 Å². The van der Waals surface area contributed by atoms with E-state index < -0.39 is 0 Å². The van der Waals surface area contributed by atoms with Gasteiger partial charge in [0.05, 0.1) is 24.3 Å². The molecule has 0 aliphatic heterocycles. The van der Waals surface area contributed by atoms with Crippen LogP contribution in [-0.2, 0) is 16.1 Å². The fraction of sp³-hybridized carbons (Fsp3) is 0.280. The number of anilines is 1. The van der Waals surface area contributed by atoms with Gasteiger partial charge in [0.25, 0.3) is 0 Å². The van der Waals surface area contributed by atoms with Gasteiger partial charge in [0.15, 0.2) is 0 Å². The summed E-state index contributed by atoms with van der Waals surface area (Å²) in [6, 6.07) is 15.0. The van der Waals surface area contributed by atoms with Gasteiger partial charge in [-0.1, -0.05) is 41.4 Å². The summed E-state index contributed by atoms with van der Waals surface area (Å²) in [4.78, 5) is 25.1. The molecule has 0 unspecified atom stereocenters. The predicted molar refractivity (Wildman–Crippen MR) is 127 cm³/mol. The molecule has 0 saturated carbocycles. The molecule has 2 aromatic carbocycles. The van der Waals surface area contributed by atoms with Gasteiger partial charge in [-0.3, -0.25) is 4.79 Å². The average Bonchev–Trinajstić information content (AvgIpc) is 3.09. The Morgan fingerprint density at radius 2 is 1.78 bits per heavy atom. The minimum absolute atomic E-state index is 0.160. The van der Waals surface area contributed by atoms with Gasteiger partial charge in [0.2, 0.25) is 5.91 Å². The Morgan fingerprint density at radius 1 is 1.06 bits per heavy atom. The van der Waals surface area contributed by atoms with Crippen molar-refractivity contribution in [2.75, 3.05) is 19.0 Å². The zero-order valence-corrected chi connectivity index (χ0v) is 19.5. The first-order chi connectivity index (χ1) is 15.3. The van der Waals surface area contributed by atoms with Crippen LogP contribution in [0.4, 0.5) is 5.69 Å². The van der Waals surface area contributed by atoms with E-state index in [1.54, 1.807) is 25.1 Å². The Labute approximate surface area is 193 Å². The minimum Gasteiger partial charge on any atom is -0.495 e. The number of aryl methyl sites for hydroxylation is 1. The fourth-order valence-electron chi connectivity index (χ4n) is 3.49. The summed E-state index contributed by atoms with van der Waals surface area (Å²) in [7, 11) is 1.54. The number of carbonyl (C=O) groups excluding carboxylic acids is 2. The quantitative estimate of drug-likeness (QED) is 0.447. The van der Waals surface area contributed by atoms with E-state index in [9.17, 15) is 9.59 Å². The lowest BCUT2D eigenvalue weighted by atomic mass is 10.1. The Balaban J connectivity index is 1.82. The van der Waals surface area contributed by atoms with Crippen molar-refractivity contribution in [2.24, 2.45) is 0 Å². The van der Waals surface area contributed by atoms with Crippen LogP contribution in [0.5, 0.6) is 5.75 Å². The second-order valence-electron chi connectivity index (χ2n) is 7.41. The molecule has 0 bridgehead atoms. The van der Waals surface area contributed by atoms with E-state index in [4.69, 9.17) is 21.1 Å². The molecule has 168 valence electrons.